The van der Waals surface area contributed by atoms with Gasteiger partial charge in [0.1, 0.15) is 6.17 Å². The molecule has 1 aromatic carbocycles. The molecule has 0 spiro atoms. The third kappa shape index (κ3) is 3.70. The minimum Gasteiger partial charge on any atom is -0.243 e. The van der Waals surface area contributed by atoms with Gasteiger partial charge in [-0.25, -0.2) is 4.39 Å². The number of allylic oxidation sites excluding steroid dienone is 4. The molecule has 80 valence electrons. The molecule has 1 atom stereocenters. The molecular formula is C14H17F. The Morgan fingerprint density at radius 1 is 1.27 bits per heavy atom. The van der Waals surface area contributed by atoms with Crippen LogP contribution in [-0.2, 0) is 0 Å². The van der Waals surface area contributed by atoms with Crippen LogP contribution in [0.15, 0.2) is 42.5 Å². The number of hydrogen-bond donors (Lipinski definition) is 0. The van der Waals surface area contributed by atoms with E-state index in [1.54, 1.807) is 6.08 Å². The van der Waals surface area contributed by atoms with Gasteiger partial charge in [0, 0.05) is 0 Å². The fourth-order valence-corrected chi connectivity index (χ4v) is 1.42. The maximum Gasteiger partial charge on any atom is 0.116 e. The Bertz CT molecular complexity index is 355. The van der Waals surface area contributed by atoms with Crippen molar-refractivity contribution in [3.8, 4) is 0 Å². The topological polar surface area (TPSA) is 0 Å². The van der Waals surface area contributed by atoms with E-state index in [2.05, 4.69) is 0 Å². The minimum absolute atomic E-state index is 0.919. The first-order chi connectivity index (χ1) is 7.13. The van der Waals surface area contributed by atoms with Crippen molar-refractivity contribution in [2.24, 2.45) is 0 Å². The molecule has 0 aliphatic rings. The van der Waals surface area contributed by atoms with Gasteiger partial charge in [-0.2, -0.15) is 0 Å². The Morgan fingerprint density at radius 2 is 1.87 bits per heavy atom. The second-order valence-corrected chi connectivity index (χ2v) is 3.67. The van der Waals surface area contributed by atoms with E-state index in [1.807, 2.05) is 50.3 Å². The molecule has 0 saturated carbocycles. The van der Waals surface area contributed by atoms with E-state index in [0.29, 0.717) is 0 Å². The number of aryl methyl sites for hydroxylation is 1. The van der Waals surface area contributed by atoms with Crippen LogP contribution in [0.3, 0.4) is 0 Å². The maximum atomic E-state index is 12.9. The van der Waals surface area contributed by atoms with Gasteiger partial charge in [-0.05, 0) is 38.0 Å². The molecule has 1 unspecified atom stereocenters. The highest BCUT2D eigenvalue weighted by Crippen LogP contribution is 2.18. The van der Waals surface area contributed by atoms with Gasteiger partial charge >= 0.3 is 0 Å². The first kappa shape index (κ1) is 11.7. The lowest BCUT2D eigenvalue weighted by molar-refractivity contribution is 0.431. The SMILES string of the molecule is C/C=C\C(=C\C(C)F)c1ccc(C)cc1. The molecule has 1 aromatic rings. The molecule has 0 aromatic heterocycles. The Labute approximate surface area is 91.1 Å². The normalized spacial score (nSPS) is 14.5. The number of halogens is 1. The van der Waals surface area contributed by atoms with Gasteiger partial charge in [0.15, 0.2) is 0 Å². The van der Waals surface area contributed by atoms with Crippen molar-refractivity contribution in [2.45, 2.75) is 26.9 Å². The smallest absolute Gasteiger partial charge is 0.116 e. The van der Waals surface area contributed by atoms with Crippen LogP contribution in [0.1, 0.15) is 25.0 Å². The van der Waals surface area contributed by atoms with E-state index in [-0.39, 0.29) is 0 Å². The highest BCUT2D eigenvalue weighted by atomic mass is 19.1. The van der Waals surface area contributed by atoms with Crippen molar-refractivity contribution < 1.29 is 4.39 Å². The van der Waals surface area contributed by atoms with Gasteiger partial charge in [-0.1, -0.05) is 42.0 Å². The van der Waals surface area contributed by atoms with E-state index in [0.717, 1.165) is 11.1 Å². The Kier molecular flexibility index (Phi) is 4.29. The standard InChI is InChI=1S/C14H17F/c1-4-5-14(10-12(3)15)13-8-6-11(2)7-9-13/h4-10,12H,1-3H3/b5-4-,14-10-. The van der Waals surface area contributed by atoms with E-state index >= 15 is 0 Å². The van der Waals surface area contributed by atoms with Gasteiger partial charge in [0.2, 0.25) is 0 Å². The number of alkyl halides is 1. The summed E-state index contributed by atoms with van der Waals surface area (Å²) in [6, 6.07) is 8.11. The molecule has 0 heterocycles. The second-order valence-electron chi connectivity index (χ2n) is 3.67. The highest BCUT2D eigenvalue weighted by Gasteiger charge is 2.00. The summed E-state index contributed by atoms with van der Waals surface area (Å²) in [5.41, 5.74) is 3.21. The zero-order valence-electron chi connectivity index (χ0n) is 9.50. The molecule has 0 nitrogen and oxygen atoms in total. The predicted molar refractivity (Wildman–Crippen MR) is 64.5 cm³/mol. The molecule has 1 rings (SSSR count). The van der Waals surface area contributed by atoms with Crippen LogP contribution in [-0.4, -0.2) is 6.17 Å². The van der Waals surface area contributed by atoms with Crippen LogP contribution in [0.5, 0.6) is 0 Å². The van der Waals surface area contributed by atoms with Crippen molar-refractivity contribution >= 4 is 5.57 Å². The van der Waals surface area contributed by atoms with E-state index < -0.39 is 6.17 Å². The fraction of sp³-hybridized carbons (Fsp3) is 0.286. The van der Waals surface area contributed by atoms with E-state index in [4.69, 9.17) is 0 Å². The molecule has 0 fully saturated rings. The molecule has 0 saturated heterocycles. The van der Waals surface area contributed by atoms with Crippen molar-refractivity contribution in [1.82, 2.24) is 0 Å². The highest BCUT2D eigenvalue weighted by molar-refractivity contribution is 5.74. The summed E-state index contributed by atoms with van der Waals surface area (Å²) in [6.07, 6.45) is 4.57. The second kappa shape index (κ2) is 5.50. The summed E-state index contributed by atoms with van der Waals surface area (Å²) in [6.45, 7) is 5.52. The molecular weight excluding hydrogens is 187 g/mol. The Hall–Kier alpha value is -1.37. The molecule has 0 bridgehead atoms. The molecule has 1 heteroatoms. The summed E-state index contributed by atoms with van der Waals surface area (Å²) in [5.74, 6) is 0. The average Bonchev–Trinajstić information content (AvgIpc) is 2.17. The zero-order chi connectivity index (χ0) is 11.3. The number of benzene rings is 1. The fourth-order valence-electron chi connectivity index (χ4n) is 1.42. The van der Waals surface area contributed by atoms with Gasteiger partial charge < -0.3 is 0 Å². The van der Waals surface area contributed by atoms with Crippen molar-refractivity contribution in [3.63, 3.8) is 0 Å². The van der Waals surface area contributed by atoms with Crippen LogP contribution in [0.4, 0.5) is 4.39 Å². The van der Waals surface area contributed by atoms with Gasteiger partial charge in [-0.3, -0.25) is 0 Å². The summed E-state index contributed by atoms with van der Waals surface area (Å²) in [7, 11) is 0. The maximum absolute atomic E-state index is 12.9. The largest absolute Gasteiger partial charge is 0.243 e. The van der Waals surface area contributed by atoms with Crippen LogP contribution < -0.4 is 0 Å². The summed E-state index contributed by atoms with van der Waals surface area (Å²) in [4.78, 5) is 0. The van der Waals surface area contributed by atoms with E-state index in [1.165, 1.54) is 12.5 Å². The van der Waals surface area contributed by atoms with Crippen molar-refractivity contribution in [2.75, 3.05) is 0 Å². The van der Waals surface area contributed by atoms with Crippen molar-refractivity contribution in [1.29, 1.82) is 0 Å². The molecule has 15 heavy (non-hydrogen) atoms. The lowest BCUT2D eigenvalue weighted by Crippen LogP contribution is -1.89. The predicted octanol–water partition coefficient (Wildman–Crippen LogP) is 4.31. The monoisotopic (exact) mass is 204 g/mol. The average molecular weight is 204 g/mol. The van der Waals surface area contributed by atoms with Crippen LogP contribution >= 0.6 is 0 Å². The van der Waals surface area contributed by atoms with Crippen LogP contribution in [0.25, 0.3) is 5.57 Å². The quantitative estimate of drug-likeness (QED) is 0.643. The van der Waals surface area contributed by atoms with Gasteiger partial charge in [0.05, 0.1) is 0 Å². The lowest BCUT2D eigenvalue weighted by atomic mass is 10.0. The molecule has 0 radical (unpaired) electrons. The molecule has 0 N–H and O–H groups in total. The molecule has 0 aliphatic heterocycles. The summed E-state index contributed by atoms with van der Waals surface area (Å²) in [5, 5.41) is 0. The van der Waals surface area contributed by atoms with Gasteiger partial charge in [-0.15, -0.1) is 0 Å². The number of rotatable bonds is 3. The van der Waals surface area contributed by atoms with Crippen molar-refractivity contribution in [3.05, 3.63) is 53.6 Å². The van der Waals surface area contributed by atoms with Crippen LogP contribution in [0.2, 0.25) is 0 Å². The van der Waals surface area contributed by atoms with Gasteiger partial charge in [0.25, 0.3) is 0 Å². The summed E-state index contributed by atoms with van der Waals surface area (Å²) < 4.78 is 12.9. The first-order valence-corrected chi connectivity index (χ1v) is 5.19. The number of hydrogen-bond acceptors (Lipinski definition) is 0. The third-order valence-electron chi connectivity index (χ3n) is 2.14. The summed E-state index contributed by atoms with van der Waals surface area (Å²) >= 11 is 0. The first-order valence-electron chi connectivity index (χ1n) is 5.19. The molecule has 0 amide bonds. The minimum atomic E-state index is -0.919. The Morgan fingerprint density at radius 3 is 2.33 bits per heavy atom. The van der Waals surface area contributed by atoms with E-state index in [9.17, 15) is 4.39 Å². The Balaban J connectivity index is 3.04. The van der Waals surface area contributed by atoms with Crippen LogP contribution in [0, 0.1) is 6.92 Å². The molecule has 0 aliphatic carbocycles. The lowest BCUT2D eigenvalue weighted by Gasteiger charge is -2.04. The zero-order valence-corrected chi connectivity index (χ0v) is 9.50. The third-order valence-corrected chi connectivity index (χ3v) is 2.14.